The molecule has 0 rings (SSSR count). The van der Waals surface area contributed by atoms with Crippen LogP contribution in [0.3, 0.4) is 0 Å². The van der Waals surface area contributed by atoms with E-state index >= 15 is 0 Å². The molecule has 0 aliphatic rings. The number of ether oxygens (including phenoxy) is 1. The summed E-state index contributed by atoms with van der Waals surface area (Å²) in [6.07, 6.45) is 0. The monoisotopic (exact) mass is 189 g/mol. The summed E-state index contributed by atoms with van der Waals surface area (Å²) in [5.41, 5.74) is 4.87. The molecule has 1 unspecified atom stereocenters. The second-order valence-electron chi connectivity index (χ2n) is 1.72. The summed E-state index contributed by atoms with van der Waals surface area (Å²) >= 11 is 0. The molecule has 1 atom stereocenters. The molecule has 6 heteroatoms. The maximum Gasteiger partial charge on any atom is 0.342 e. The molecule has 0 aliphatic heterocycles. The van der Waals surface area contributed by atoms with E-state index in [-0.39, 0.29) is 6.61 Å². The van der Waals surface area contributed by atoms with E-state index in [4.69, 9.17) is 11.1 Å². The molecule has 0 radical (unpaired) electrons. The van der Waals surface area contributed by atoms with Crippen LogP contribution in [0.1, 0.15) is 20.8 Å². The number of hydrogen-bond acceptors (Lipinski definition) is 5. The minimum Gasteiger partial charge on any atom is -0.464 e. The zero-order valence-electron chi connectivity index (χ0n) is 8.03. The van der Waals surface area contributed by atoms with Crippen LogP contribution >= 0.6 is 0 Å². The van der Waals surface area contributed by atoms with E-state index in [9.17, 15) is 9.70 Å². The number of carbonyl (C=O) groups is 1. The van der Waals surface area contributed by atoms with Gasteiger partial charge in [0.1, 0.15) is 5.84 Å². The lowest BCUT2D eigenvalue weighted by atomic mass is 10.3. The Morgan fingerprint density at radius 3 is 2.31 bits per heavy atom. The van der Waals surface area contributed by atoms with Crippen LogP contribution in [0, 0.1) is 10.3 Å². The third kappa shape index (κ3) is 5.77. The molecule has 76 valence electrons. The predicted octanol–water partition coefficient (Wildman–Crippen LogP) is 0.647. The summed E-state index contributed by atoms with van der Waals surface area (Å²) in [5.74, 6) is -1.48. The van der Waals surface area contributed by atoms with Crippen molar-refractivity contribution in [3.05, 3.63) is 4.91 Å². The average Bonchev–Trinajstić information content (AvgIpc) is 2.09. The fourth-order valence-electron chi connectivity index (χ4n) is 0.448. The van der Waals surface area contributed by atoms with E-state index in [1.807, 2.05) is 13.8 Å². The lowest BCUT2D eigenvalue weighted by molar-refractivity contribution is -0.142. The van der Waals surface area contributed by atoms with E-state index in [1.165, 1.54) is 0 Å². The lowest BCUT2D eigenvalue weighted by Crippen LogP contribution is -2.34. The van der Waals surface area contributed by atoms with E-state index in [0.717, 1.165) is 0 Å². The maximum atomic E-state index is 10.7. The number of esters is 1. The van der Waals surface area contributed by atoms with Crippen LogP contribution < -0.4 is 5.73 Å². The highest BCUT2D eigenvalue weighted by Crippen LogP contribution is 1.93. The van der Waals surface area contributed by atoms with Crippen molar-refractivity contribution in [1.82, 2.24) is 0 Å². The van der Waals surface area contributed by atoms with Crippen molar-refractivity contribution in [2.45, 2.75) is 26.8 Å². The van der Waals surface area contributed by atoms with Crippen molar-refractivity contribution in [3.63, 3.8) is 0 Å². The Bertz CT molecular complexity index is 182. The fraction of sp³-hybridized carbons (Fsp3) is 0.714. The van der Waals surface area contributed by atoms with E-state index in [0.29, 0.717) is 0 Å². The Labute approximate surface area is 76.9 Å². The molecule has 0 aliphatic carbocycles. The smallest absolute Gasteiger partial charge is 0.342 e. The highest BCUT2D eigenvalue weighted by molar-refractivity contribution is 6.02. The summed E-state index contributed by atoms with van der Waals surface area (Å²) in [5, 5.41) is 9.08. The lowest BCUT2D eigenvalue weighted by Gasteiger charge is -2.04. The van der Waals surface area contributed by atoms with E-state index in [1.54, 1.807) is 6.92 Å². The number of amidine groups is 1. The molecule has 0 heterocycles. The van der Waals surface area contributed by atoms with Crippen molar-refractivity contribution in [3.8, 4) is 0 Å². The van der Waals surface area contributed by atoms with Gasteiger partial charge < -0.3 is 10.5 Å². The Kier molecular flexibility index (Phi) is 9.36. The molecule has 0 saturated carbocycles. The number of nitrogens with zero attached hydrogens (tertiary/aromatic N) is 1. The van der Waals surface area contributed by atoms with Crippen LogP contribution in [0.4, 0.5) is 0 Å². The van der Waals surface area contributed by atoms with Crippen LogP contribution in [0.5, 0.6) is 0 Å². The Balaban J connectivity index is 0. The molecule has 0 fully saturated rings. The highest BCUT2D eigenvalue weighted by atomic mass is 16.5. The van der Waals surface area contributed by atoms with Gasteiger partial charge in [0, 0.05) is 0 Å². The molecular weight excluding hydrogens is 174 g/mol. The summed E-state index contributed by atoms with van der Waals surface area (Å²) in [6.45, 7) is 5.72. The highest BCUT2D eigenvalue weighted by Gasteiger charge is 2.23. The fourth-order valence-corrected chi connectivity index (χ4v) is 0.448. The first-order valence-electron chi connectivity index (χ1n) is 3.96. The average molecular weight is 189 g/mol. The maximum absolute atomic E-state index is 10.7. The first-order chi connectivity index (χ1) is 6.13. The Hall–Kier alpha value is -1.46. The molecule has 0 spiro atoms. The van der Waals surface area contributed by atoms with Crippen molar-refractivity contribution < 1.29 is 9.53 Å². The van der Waals surface area contributed by atoms with Crippen LogP contribution in [-0.2, 0) is 9.53 Å². The first kappa shape index (κ1) is 14.1. The molecule has 0 saturated heterocycles. The zero-order chi connectivity index (χ0) is 10.9. The van der Waals surface area contributed by atoms with Gasteiger partial charge in [-0.2, -0.15) is 0 Å². The third-order valence-corrected chi connectivity index (χ3v) is 0.910. The quantitative estimate of drug-likeness (QED) is 0.293. The van der Waals surface area contributed by atoms with Gasteiger partial charge in [0.25, 0.3) is 0 Å². The van der Waals surface area contributed by atoms with Crippen molar-refractivity contribution >= 4 is 11.8 Å². The molecule has 0 bridgehead atoms. The molecule has 13 heavy (non-hydrogen) atoms. The van der Waals surface area contributed by atoms with Crippen molar-refractivity contribution in [1.29, 1.82) is 5.41 Å². The summed E-state index contributed by atoms with van der Waals surface area (Å²) in [4.78, 5) is 20.6. The number of carbonyl (C=O) groups excluding carboxylic acids is 1. The molecule has 0 aromatic rings. The molecule has 0 aromatic heterocycles. The van der Waals surface area contributed by atoms with Gasteiger partial charge in [0.15, 0.2) is 0 Å². The summed E-state index contributed by atoms with van der Waals surface area (Å²) in [6, 6.07) is -1.49. The van der Waals surface area contributed by atoms with E-state index < -0.39 is 17.8 Å². The molecule has 0 aromatic carbocycles. The van der Waals surface area contributed by atoms with Gasteiger partial charge in [0.05, 0.1) is 6.61 Å². The van der Waals surface area contributed by atoms with Gasteiger partial charge in [-0.3, -0.25) is 5.41 Å². The van der Waals surface area contributed by atoms with Crippen molar-refractivity contribution in [2.24, 2.45) is 10.9 Å². The SMILES string of the molecule is CC.CCOC(=O)C(N=O)C(=N)N. The van der Waals surface area contributed by atoms with Crippen LogP contribution in [-0.4, -0.2) is 24.5 Å². The minimum absolute atomic E-state index is 0.137. The molecular formula is C7H15N3O3. The Morgan fingerprint density at radius 2 is 2.08 bits per heavy atom. The normalized spacial score (nSPS) is 10.4. The topological polar surface area (TPSA) is 106 Å². The first-order valence-corrected chi connectivity index (χ1v) is 3.96. The Morgan fingerprint density at radius 1 is 1.62 bits per heavy atom. The van der Waals surface area contributed by atoms with Gasteiger partial charge in [-0.05, 0) is 12.1 Å². The van der Waals surface area contributed by atoms with Gasteiger partial charge in [-0.15, -0.1) is 4.91 Å². The second kappa shape index (κ2) is 8.63. The van der Waals surface area contributed by atoms with Gasteiger partial charge >= 0.3 is 5.97 Å². The number of nitrogens with two attached hydrogens (primary N) is 1. The molecule has 6 nitrogen and oxygen atoms in total. The predicted molar refractivity (Wildman–Crippen MR) is 49.5 cm³/mol. The largest absolute Gasteiger partial charge is 0.464 e. The van der Waals surface area contributed by atoms with Crippen molar-refractivity contribution in [2.75, 3.05) is 6.61 Å². The number of rotatable bonds is 4. The second-order valence-corrected chi connectivity index (χ2v) is 1.72. The van der Waals surface area contributed by atoms with Gasteiger partial charge in [-0.1, -0.05) is 13.8 Å². The van der Waals surface area contributed by atoms with Crippen LogP contribution in [0.2, 0.25) is 0 Å². The molecule has 3 N–H and O–H groups in total. The number of hydrogen-bond donors (Lipinski definition) is 2. The zero-order valence-corrected chi connectivity index (χ0v) is 8.03. The van der Waals surface area contributed by atoms with Crippen LogP contribution in [0.25, 0.3) is 0 Å². The molecule has 0 amide bonds. The summed E-state index contributed by atoms with van der Waals surface area (Å²) < 4.78 is 4.40. The third-order valence-electron chi connectivity index (χ3n) is 0.910. The standard InChI is InChI=1S/C5H9N3O3.C2H6/c1-2-11-5(9)3(8-10)4(6)7;1-2/h3H,2H2,1H3,(H3,6,7);1-2H3. The minimum atomic E-state index is -1.49. The number of nitroso groups, excluding NO2 is 1. The van der Waals surface area contributed by atoms with E-state index in [2.05, 4.69) is 9.91 Å². The summed E-state index contributed by atoms with van der Waals surface area (Å²) in [7, 11) is 0. The van der Waals surface area contributed by atoms with Gasteiger partial charge in [0.2, 0.25) is 6.04 Å². The van der Waals surface area contributed by atoms with Gasteiger partial charge in [-0.25, -0.2) is 4.79 Å². The van der Waals surface area contributed by atoms with Crippen LogP contribution in [0.15, 0.2) is 5.18 Å². The number of nitrogens with one attached hydrogen (secondary N) is 1.